The quantitative estimate of drug-likeness (QED) is 0.679. The molecule has 0 saturated carbocycles. The number of benzene rings is 2. The number of rotatable bonds is 9. The fraction of sp³-hybridized carbons (Fsp3) is 0.286. The van der Waals surface area contributed by atoms with Crippen molar-refractivity contribution in [1.29, 1.82) is 5.26 Å². The lowest BCUT2D eigenvalue weighted by Crippen LogP contribution is -2.47. The minimum atomic E-state index is -0.650. The van der Waals surface area contributed by atoms with Gasteiger partial charge in [0, 0.05) is 6.54 Å². The van der Waals surface area contributed by atoms with Crippen LogP contribution in [0.1, 0.15) is 27.9 Å². The molecule has 0 aliphatic carbocycles. The maximum atomic E-state index is 12.6. The standard InChI is InChI=1S/C21H23N3O3S/c1-27-19-6-4-3-5-17(19)20(25)24-18(11-12-28-2)21(26)23-14-16-9-7-15(13-22)8-10-16/h3-10,18H,11-12,14H2,1-2H3,(H,23,26)(H,24,25). The molecule has 0 bridgehead atoms. The van der Waals surface area contributed by atoms with Crippen molar-refractivity contribution in [3.05, 3.63) is 65.2 Å². The molecular weight excluding hydrogens is 374 g/mol. The average Bonchev–Trinajstić information content (AvgIpc) is 2.75. The van der Waals surface area contributed by atoms with Gasteiger partial charge in [-0.05, 0) is 48.3 Å². The van der Waals surface area contributed by atoms with E-state index < -0.39 is 6.04 Å². The second-order valence-corrected chi connectivity index (χ2v) is 7.02. The summed E-state index contributed by atoms with van der Waals surface area (Å²) in [7, 11) is 1.50. The van der Waals surface area contributed by atoms with Gasteiger partial charge in [-0.1, -0.05) is 24.3 Å². The molecule has 6 nitrogen and oxygen atoms in total. The summed E-state index contributed by atoms with van der Waals surface area (Å²) in [4.78, 5) is 25.3. The van der Waals surface area contributed by atoms with Gasteiger partial charge in [0.15, 0.2) is 0 Å². The van der Waals surface area contributed by atoms with Crippen molar-refractivity contribution >= 4 is 23.6 Å². The summed E-state index contributed by atoms with van der Waals surface area (Å²) in [6.07, 6.45) is 2.47. The van der Waals surface area contributed by atoms with Gasteiger partial charge in [-0.15, -0.1) is 0 Å². The predicted octanol–water partition coefficient (Wildman–Crippen LogP) is 2.73. The van der Waals surface area contributed by atoms with E-state index in [4.69, 9.17) is 10.00 Å². The number of para-hydroxylation sites is 1. The molecule has 0 aromatic heterocycles. The third-order valence-corrected chi connectivity index (χ3v) is 4.78. The molecule has 0 fully saturated rings. The number of amides is 2. The smallest absolute Gasteiger partial charge is 0.255 e. The first-order valence-electron chi connectivity index (χ1n) is 8.78. The minimum Gasteiger partial charge on any atom is -0.496 e. The van der Waals surface area contributed by atoms with Crippen LogP contribution in [0.4, 0.5) is 0 Å². The molecule has 7 heteroatoms. The summed E-state index contributed by atoms with van der Waals surface area (Å²) < 4.78 is 5.23. The van der Waals surface area contributed by atoms with Crippen molar-refractivity contribution < 1.29 is 14.3 Å². The van der Waals surface area contributed by atoms with Crippen LogP contribution < -0.4 is 15.4 Å². The monoisotopic (exact) mass is 397 g/mol. The zero-order valence-corrected chi connectivity index (χ0v) is 16.7. The normalized spacial score (nSPS) is 11.2. The summed E-state index contributed by atoms with van der Waals surface area (Å²) in [6, 6.07) is 15.3. The predicted molar refractivity (Wildman–Crippen MR) is 110 cm³/mol. The van der Waals surface area contributed by atoms with Crippen molar-refractivity contribution in [2.75, 3.05) is 19.1 Å². The maximum Gasteiger partial charge on any atom is 0.255 e. The summed E-state index contributed by atoms with van der Waals surface area (Å²) in [5.74, 6) is 0.599. The topological polar surface area (TPSA) is 91.2 Å². The third kappa shape index (κ3) is 6.03. The molecule has 0 radical (unpaired) electrons. The first kappa shape index (κ1) is 21.3. The van der Waals surface area contributed by atoms with Crippen molar-refractivity contribution in [2.45, 2.75) is 19.0 Å². The summed E-state index contributed by atoms with van der Waals surface area (Å²) in [5.41, 5.74) is 1.84. The molecule has 2 aromatic carbocycles. The number of nitrogens with one attached hydrogen (secondary N) is 2. The molecule has 1 atom stereocenters. The van der Waals surface area contributed by atoms with Crippen LogP contribution in [0.3, 0.4) is 0 Å². The maximum absolute atomic E-state index is 12.6. The molecule has 0 aliphatic heterocycles. The molecule has 28 heavy (non-hydrogen) atoms. The van der Waals surface area contributed by atoms with Crippen LogP contribution in [0.5, 0.6) is 5.75 Å². The van der Waals surface area contributed by atoms with Crippen molar-refractivity contribution in [2.24, 2.45) is 0 Å². The number of nitrogens with zero attached hydrogens (tertiary/aromatic N) is 1. The van der Waals surface area contributed by atoms with E-state index in [1.54, 1.807) is 60.3 Å². The zero-order chi connectivity index (χ0) is 20.4. The van der Waals surface area contributed by atoms with E-state index >= 15 is 0 Å². The van der Waals surface area contributed by atoms with Gasteiger partial charge in [0.2, 0.25) is 5.91 Å². The van der Waals surface area contributed by atoms with E-state index in [-0.39, 0.29) is 11.8 Å². The molecule has 146 valence electrons. The highest BCUT2D eigenvalue weighted by atomic mass is 32.2. The fourth-order valence-corrected chi connectivity index (χ4v) is 3.05. The van der Waals surface area contributed by atoms with Crippen LogP contribution >= 0.6 is 11.8 Å². The molecule has 0 heterocycles. The van der Waals surface area contributed by atoms with Crippen LogP contribution in [0, 0.1) is 11.3 Å². The third-order valence-electron chi connectivity index (χ3n) is 4.13. The Morgan fingerprint density at radius 2 is 1.89 bits per heavy atom. The number of carbonyl (C=O) groups is 2. The molecule has 2 amide bonds. The highest BCUT2D eigenvalue weighted by Gasteiger charge is 2.22. The molecule has 2 rings (SSSR count). The highest BCUT2D eigenvalue weighted by Crippen LogP contribution is 2.17. The molecular formula is C21H23N3O3S. The van der Waals surface area contributed by atoms with Crippen molar-refractivity contribution in [3.63, 3.8) is 0 Å². The number of thioether (sulfide) groups is 1. The highest BCUT2D eigenvalue weighted by molar-refractivity contribution is 7.98. The molecule has 0 spiro atoms. The number of hydrogen-bond donors (Lipinski definition) is 2. The van der Waals surface area contributed by atoms with Gasteiger partial charge in [0.05, 0.1) is 24.3 Å². The zero-order valence-electron chi connectivity index (χ0n) is 15.9. The van der Waals surface area contributed by atoms with Gasteiger partial charge in [-0.2, -0.15) is 17.0 Å². The van der Waals surface area contributed by atoms with Gasteiger partial charge >= 0.3 is 0 Å². The SMILES string of the molecule is COc1ccccc1C(=O)NC(CCSC)C(=O)NCc1ccc(C#N)cc1. The first-order valence-corrected chi connectivity index (χ1v) is 10.2. The molecule has 0 saturated heterocycles. The number of methoxy groups -OCH3 is 1. The molecule has 2 aromatic rings. The van der Waals surface area contributed by atoms with Crippen LogP contribution in [-0.4, -0.2) is 37.0 Å². The van der Waals surface area contributed by atoms with Crippen LogP contribution in [0.2, 0.25) is 0 Å². The lowest BCUT2D eigenvalue weighted by Gasteiger charge is -2.19. The van der Waals surface area contributed by atoms with E-state index in [0.29, 0.717) is 29.8 Å². The lowest BCUT2D eigenvalue weighted by molar-refractivity contribution is -0.123. The van der Waals surface area contributed by atoms with E-state index in [1.165, 1.54) is 7.11 Å². The number of hydrogen-bond acceptors (Lipinski definition) is 5. The van der Waals surface area contributed by atoms with Crippen LogP contribution in [0.15, 0.2) is 48.5 Å². The molecule has 1 unspecified atom stereocenters. The van der Waals surface area contributed by atoms with Crippen LogP contribution in [0.25, 0.3) is 0 Å². The summed E-state index contributed by atoms with van der Waals surface area (Å²) in [6.45, 7) is 0.324. The van der Waals surface area contributed by atoms with Gasteiger partial charge in [0.1, 0.15) is 11.8 Å². The number of carbonyl (C=O) groups excluding carboxylic acids is 2. The minimum absolute atomic E-state index is 0.248. The summed E-state index contributed by atoms with van der Waals surface area (Å²) >= 11 is 1.61. The Balaban J connectivity index is 2.03. The van der Waals surface area contributed by atoms with Gasteiger partial charge in [0.25, 0.3) is 5.91 Å². The fourth-order valence-electron chi connectivity index (χ4n) is 2.58. The van der Waals surface area contributed by atoms with E-state index in [2.05, 4.69) is 16.7 Å². The Kier molecular flexibility index (Phi) is 8.37. The Morgan fingerprint density at radius 1 is 1.18 bits per heavy atom. The van der Waals surface area contributed by atoms with Gasteiger partial charge < -0.3 is 15.4 Å². The van der Waals surface area contributed by atoms with E-state index in [0.717, 1.165) is 11.3 Å². The second kappa shape index (κ2) is 11.0. The average molecular weight is 398 g/mol. The lowest BCUT2D eigenvalue weighted by atomic mass is 10.1. The Labute approximate surface area is 169 Å². The van der Waals surface area contributed by atoms with Crippen molar-refractivity contribution in [3.8, 4) is 11.8 Å². The Morgan fingerprint density at radius 3 is 2.54 bits per heavy atom. The Bertz CT molecular complexity index is 847. The van der Waals surface area contributed by atoms with Crippen molar-refractivity contribution in [1.82, 2.24) is 10.6 Å². The second-order valence-electron chi connectivity index (χ2n) is 6.03. The molecule has 2 N–H and O–H groups in total. The molecule has 0 aliphatic rings. The Hall–Kier alpha value is -2.98. The first-order chi connectivity index (χ1) is 13.6. The van der Waals surface area contributed by atoms with E-state index in [9.17, 15) is 9.59 Å². The largest absolute Gasteiger partial charge is 0.496 e. The van der Waals surface area contributed by atoms with Gasteiger partial charge in [-0.25, -0.2) is 0 Å². The van der Waals surface area contributed by atoms with Gasteiger partial charge in [-0.3, -0.25) is 9.59 Å². The number of ether oxygens (including phenoxy) is 1. The summed E-state index contributed by atoms with van der Waals surface area (Å²) in [5, 5.41) is 14.5. The number of nitriles is 1. The van der Waals surface area contributed by atoms with E-state index in [1.807, 2.05) is 6.26 Å². The van der Waals surface area contributed by atoms with Crippen LogP contribution in [-0.2, 0) is 11.3 Å².